The van der Waals surface area contributed by atoms with Gasteiger partial charge in [-0.15, -0.1) is 0 Å². The van der Waals surface area contributed by atoms with Gasteiger partial charge in [-0.1, -0.05) is 12.8 Å². The molecule has 6 heteroatoms. The predicted molar refractivity (Wildman–Crippen MR) is 74.0 cm³/mol. The molecule has 0 aromatic heterocycles. The van der Waals surface area contributed by atoms with E-state index in [1.54, 1.807) is 21.0 Å². The molecule has 1 aliphatic rings. The highest BCUT2D eigenvalue weighted by atomic mass is 16.4. The van der Waals surface area contributed by atoms with Crippen LogP contribution in [-0.2, 0) is 14.4 Å². The SMILES string of the molecule is CCN(CC(=O)N(C)C)C(=O)C1CCCCC1C(=O)O. The van der Waals surface area contributed by atoms with Crippen LogP contribution in [0.4, 0.5) is 0 Å². The first-order valence-electron chi connectivity index (χ1n) is 7.10. The van der Waals surface area contributed by atoms with Crippen LogP contribution in [0, 0.1) is 11.8 Å². The summed E-state index contributed by atoms with van der Waals surface area (Å²) in [6.45, 7) is 2.24. The highest BCUT2D eigenvalue weighted by molar-refractivity contribution is 5.88. The van der Waals surface area contributed by atoms with Crippen molar-refractivity contribution in [1.29, 1.82) is 0 Å². The third-order valence-electron chi connectivity index (χ3n) is 3.92. The molecular weight excluding hydrogens is 260 g/mol. The largest absolute Gasteiger partial charge is 0.481 e. The molecule has 114 valence electrons. The molecule has 1 fully saturated rings. The number of hydrogen-bond donors (Lipinski definition) is 1. The van der Waals surface area contributed by atoms with Crippen LogP contribution in [-0.4, -0.2) is 59.9 Å². The Hall–Kier alpha value is -1.59. The summed E-state index contributed by atoms with van der Waals surface area (Å²) in [5.74, 6) is -2.35. The highest BCUT2D eigenvalue weighted by Crippen LogP contribution is 2.31. The molecule has 1 saturated carbocycles. The fourth-order valence-electron chi connectivity index (χ4n) is 2.61. The van der Waals surface area contributed by atoms with Crippen LogP contribution in [0.2, 0.25) is 0 Å². The van der Waals surface area contributed by atoms with Gasteiger partial charge in [-0.3, -0.25) is 14.4 Å². The molecular formula is C14H24N2O4. The quantitative estimate of drug-likeness (QED) is 0.810. The van der Waals surface area contributed by atoms with E-state index in [0.29, 0.717) is 19.4 Å². The number of carbonyl (C=O) groups excluding carboxylic acids is 2. The second kappa shape index (κ2) is 7.26. The normalized spacial score (nSPS) is 22.1. The molecule has 0 heterocycles. The van der Waals surface area contributed by atoms with E-state index < -0.39 is 17.8 Å². The first-order valence-corrected chi connectivity index (χ1v) is 7.10. The summed E-state index contributed by atoms with van der Waals surface area (Å²) in [6, 6.07) is 0. The minimum Gasteiger partial charge on any atom is -0.481 e. The van der Waals surface area contributed by atoms with Crippen molar-refractivity contribution in [2.45, 2.75) is 32.6 Å². The Balaban J connectivity index is 2.78. The minimum absolute atomic E-state index is 0.0190. The lowest BCUT2D eigenvalue weighted by Crippen LogP contribution is -2.46. The smallest absolute Gasteiger partial charge is 0.307 e. The Morgan fingerprint density at radius 1 is 1.10 bits per heavy atom. The maximum absolute atomic E-state index is 12.5. The van der Waals surface area contributed by atoms with E-state index in [1.165, 1.54) is 9.80 Å². The lowest BCUT2D eigenvalue weighted by molar-refractivity contribution is -0.153. The van der Waals surface area contributed by atoms with Crippen LogP contribution in [0.1, 0.15) is 32.6 Å². The lowest BCUT2D eigenvalue weighted by atomic mass is 9.78. The van der Waals surface area contributed by atoms with E-state index in [4.69, 9.17) is 0 Å². The van der Waals surface area contributed by atoms with E-state index in [9.17, 15) is 19.5 Å². The average molecular weight is 284 g/mol. The summed E-state index contributed by atoms with van der Waals surface area (Å²) in [6.07, 6.45) is 2.87. The minimum atomic E-state index is -0.905. The number of carboxylic acid groups (broad SMARTS) is 1. The molecule has 0 spiro atoms. The van der Waals surface area contributed by atoms with Gasteiger partial charge in [0.1, 0.15) is 0 Å². The van der Waals surface area contributed by atoms with Crippen LogP contribution in [0.15, 0.2) is 0 Å². The van der Waals surface area contributed by atoms with Gasteiger partial charge < -0.3 is 14.9 Å². The first-order chi connectivity index (χ1) is 9.38. The molecule has 0 saturated heterocycles. The fraction of sp³-hybridized carbons (Fsp3) is 0.786. The average Bonchev–Trinajstić information content (AvgIpc) is 2.43. The number of carbonyl (C=O) groups is 3. The van der Waals surface area contributed by atoms with Gasteiger partial charge in [-0.25, -0.2) is 0 Å². The summed E-state index contributed by atoms with van der Waals surface area (Å²) in [7, 11) is 3.28. The molecule has 1 N–H and O–H groups in total. The van der Waals surface area contributed by atoms with E-state index in [1.807, 2.05) is 0 Å². The van der Waals surface area contributed by atoms with Crippen LogP contribution in [0.25, 0.3) is 0 Å². The van der Waals surface area contributed by atoms with Crippen LogP contribution >= 0.6 is 0 Å². The van der Waals surface area contributed by atoms with Gasteiger partial charge in [0.15, 0.2) is 0 Å². The monoisotopic (exact) mass is 284 g/mol. The summed E-state index contributed by atoms with van der Waals surface area (Å²) in [5.41, 5.74) is 0. The van der Waals surface area contributed by atoms with E-state index >= 15 is 0 Å². The molecule has 0 radical (unpaired) electrons. The van der Waals surface area contributed by atoms with Gasteiger partial charge in [0.2, 0.25) is 11.8 Å². The molecule has 20 heavy (non-hydrogen) atoms. The topological polar surface area (TPSA) is 77.9 Å². The third kappa shape index (κ3) is 3.95. The number of rotatable bonds is 5. The molecule has 0 aromatic rings. The Morgan fingerprint density at radius 3 is 2.10 bits per heavy atom. The molecule has 2 amide bonds. The number of nitrogens with zero attached hydrogens (tertiary/aromatic N) is 2. The number of carboxylic acids is 1. The Morgan fingerprint density at radius 2 is 1.65 bits per heavy atom. The van der Waals surface area contributed by atoms with Crippen LogP contribution in [0.5, 0.6) is 0 Å². The van der Waals surface area contributed by atoms with Crippen LogP contribution in [0.3, 0.4) is 0 Å². The lowest BCUT2D eigenvalue weighted by Gasteiger charge is -2.32. The van der Waals surface area contributed by atoms with Crippen molar-refractivity contribution in [3.63, 3.8) is 0 Å². The summed E-state index contributed by atoms with van der Waals surface area (Å²) < 4.78 is 0. The van der Waals surface area contributed by atoms with Gasteiger partial charge in [0.05, 0.1) is 18.4 Å². The zero-order valence-electron chi connectivity index (χ0n) is 12.5. The second-order valence-corrected chi connectivity index (χ2v) is 5.48. The van der Waals surface area contributed by atoms with Crippen LogP contribution < -0.4 is 0 Å². The van der Waals surface area contributed by atoms with Crippen molar-refractivity contribution in [1.82, 2.24) is 9.80 Å². The van der Waals surface area contributed by atoms with Gasteiger partial charge in [0.25, 0.3) is 0 Å². The maximum Gasteiger partial charge on any atom is 0.307 e. The van der Waals surface area contributed by atoms with Crippen molar-refractivity contribution in [2.75, 3.05) is 27.2 Å². The number of aliphatic carboxylic acids is 1. The molecule has 2 unspecified atom stereocenters. The van der Waals surface area contributed by atoms with Gasteiger partial charge in [-0.2, -0.15) is 0 Å². The van der Waals surface area contributed by atoms with Gasteiger partial charge in [-0.05, 0) is 19.8 Å². The molecule has 1 rings (SSSR count). The summed E-state index contributed by atoms with van der Waals surface area (Å²) in [5, 5.41) is 9.24. The second-order valence-electron chi connectivity index (χ2n) is 5.48. The number of likely N-dealkylation sites (N-methyl/N-ethyl adjacent to an activating group) is 2. The molecule has 2 atom stereocenters. The van der Waals surface area contributed by atoms with E-state index in [-0.39, 0.29) is 18.4 Å². The maximum atomic E-state index is 12.5. The molecule has 6 nitrogen and oxygen atoms in total. The highest BCUT2D eigenvalue weighted by Gasteiger charge is 2.37. The molecule has 1 aliphatic carbocycles. The first kappa shape index (κ1) is 16.5. The molecule has 0 aromatic carbocycles. The van der Waals surface area contributed by atoms with Gasteiger partial charge >= 0.3 is 5.97 Å². The summed E-state index contributed by atoms with van der Waals surface area (Å²) in [4.78, 5) is 38.4. The molecule has 0 bridgehead atoms. The zero-order valence-corrected chi connectivity index (χ0v) is 12.5. The number of hydrogen-bond acceptors (Lipinski definition) is 3. The van der Waals surface area contributed by atoms with E-state index in [0.717, 1.165) is 12.8 Å². The Labute approximate surface area is 119 Å². The van der Waals surface area contributed by atoms with Crippen molar-refractivity contribution in [2.24, 2.45) is 11.8 Å². The third-order valence-corrected chi connectivity index (χ3v) is 3.92. The van der Waals surface area contributed by atoms with E-state index in [2.05, 4.69) is 0 Å². The Kier molecular flexibility index (Phi) is 5.98. The summed E-state index contributed by atoms with van der Waals surface area (Å²) >= 11 is 0. The number of amides is 2. The predicted octanol–water partition coefficient (Wildman–Crippen LogP) is 0.814. The van der Waals surface area contributed by atoms with Crippen molar-refractivity contribution < 1.29 is 19.5 Å². The standard InChI is InChI=1S/C14H24N2O4/c1-4-16(9-12(17)15(2)3)13(18)10-7-5-6-8-11(10)14(19)20/h10-11H,4-9H2,1-3H3,(H,19,20). The zero-order chi connectivity index (χ0) is 15.3. The fourth-order valence-corrected chi connectivity index (χ4v) is 2.61. The molecule has 0 aliphatic heterocycles. The van der Waals surface area contributed by atoms with Crippen molar-refractivity contribution in [3.8, 4) is 0 Å². The Bertz CT molecular complexity index is 381. The van der Waals surface area contributed by atoms with Gasteiger partial charge in [0, 0.05) is 20.6 Å². The van der Waals surface area contributed by atoms with Crippen molar-refractivity contribution >= 4 is 17.8 Å². The van der Waals surface area contributed by atoms with Crippen molar-refractivity contribution in [3.05, 3.63) is 0 Å².